The highest BCUT2D eigenvalue weighted by Crippen LogP contribution is 2.08. The van der Waals surface area contributed by atoms with Crippen molar-refractivity contribution in [3.05, 3.63) is 0 Å². The molecule has 1 aliphatic rings. The van der Waals surface area contributed by atoms with Crippen LogP contribution in [-0.4, -0.2) is 54.7 Å². The van der Waals surface area contributed by atoms with E-state index in [-0.39, 0.29) is 30.5 Å². The first-order valence-corrected chi connectivity index (χ1v) is 7.19. The second kappa shape index (κ2) is 9.03. The minimum Gasteiger partial charge on any atom is -0.377 e. The summed E-state index contributed by atoms with van der Waals surface area (Å²) >= 11 is 1.72. The average Bonchev–Trinajstić information content (AvgIpc) is 2.49. The molecule has 1 fully saturated rings. The zero-order valence-corrected chi connectivity index (χ0v) is 12.2. The number of amides is 1. The fourth-order valence-corrected chi connectivity index (χ4v) is 2.29. The third-order valence-corrected chi connectivity index (χ3v) is 3.36. The molecule has 102 valence electrons. The van der Waals surface area contributed by atoms with Crippen molar-refractivity contribution in [3.63, 3.8) is 0 Å². The van der Waals surface area contributed by atoms with E-state index in [1.165, 1.54) is 0 Å². The van der Waals surface area contributed by atoms with Crippen molar-refractivity contribution in [1.82, 2.24) is 4.90 Å². The van der Waals surface area contributed by atoms with E-state index in [1.807, 2.05) is 18.1 Å². The summed E-state index contributed by atoms with van der Waals surface area (Å²) in [5.41, 5.74) is 5.89. The fraction of sp³-hybridized carbons (Fsp3) is 0.909. The van der Waals surface area contributed by atoms with E-state index in [9.17, 15) is 4.79 Å². The predicted molar refractivity (Wildman–Crippen MR) is 74.8 cm³/mol. The molecule has 2 N–H and O–H groups in total. The molecule has 0 aromatic heterocycles. The largest absolute Gasteiger partial charge is 0.377 e. The summed E-state index contributed by atoms with van der Waals surface area (Å²) in [4.78, 5) is 13.9. The number of rotatable bonds is 4. The van der Waals surface area contributed by atoms with Crippen LogP contribution in [0.4, 0.5) is 0 Å². The standard InChI is InChI=1S/C11H22N2O2S.ClH/c1-9-8-13(5-3-6-15-9)11(14)10(12)4-7-16-2;/h9-10H,3-8,12H2,1-2H3;1H/t9?,10-;/m0./s1. The average molecular weight is 283 g/mol. The number of nitrogens with zero attached hydrogens (tertiary/aromatic N) is 1. The van der Waals surface area contributed by atoms with Crippen LogP contribution in [0, 0.1) is 0 Å². The smallest absolute Gasteiger partial charge is 0.239 e. The molecule has 1 amide bonds. The minimum absolute atomic E-state index is 0. The Morgan fingerprint density at radius 1 is 1.65 bits per heavy atom. The SMILES string of the molecule is CSCC[C@H](N)C(=O)N1CCCOC(C)C1.Cl. The normalized spacial score (nSPS) is 22.5. The Labute approximate surface area is 114 Å². The van der Waals surface area contributed by atoms with Crippen molar-refractivity contribution in [2.75, 3.05) is 31.7 Å². The van der Waals surface area contributed by atoms with Crippen LogP contribution in [0.2, 0.25) is 0 Å². The molecule has 6 heteroatoms. The molecule has 1 heterocycles. The maximum atomic E-state index is 12.0. The summed E-state index contributed by atoms with van der Waals surface area (Å²) in [6.07, 6.45) is 3.81. The van der Waals surface area contributed by atoms with E-state index >= 15 is 0 Å². The molecule has 17 heavy (non-hydrogen) atoms. The molecule has 0 spiro atoms. The molecule has 1 saturated heterocycles. The van der Waals surface area contributed by atoms with E-state index in [2.05, 4.69) is 0 Å². The fourth-order valence-electron chi connectivity index (χ4n) is 1.80. The van der Waals surface area contributed by atoms with Crippen molar-refractivity contribution in [2.24, 2.45) is 5.73 Å². The zero-order chi connectivity index (χ0) is 12.0. The topological polar surface area (TPSA) is 55.6 Å². The lowest BCUT2D eigenvalue weighted by Crippen LogP contribution is -2.46. The van der Waals surface area contributed by atoms with Gasteiger partial charge in [-0.25, -0.2) is 0 Å². The van der Waals surface area contributed by atoms with Crippen molar-refractivity contribution in [1.29, 1.82) is 0 Å². The van der Waals surface area contributed by atoms with Gasteiger partial charge >= 0.3 is 0 Å². The Kier molecular flexibility index (Phi) is 9.04. The first-order valence-electron chi connectivity index (χ1n) is 5.80. The molecule has 1 aliphatic heterocycles. The Balaban J connectivity index is 0.00000256. The van der Waals surface area contributed by atoms with Gasteiger partial charge in [0.15, 0.2) is 0 Å². The molecular formula is C11H23ClN2O2S. The zero-order valence-electron chi connectivity index (χ0n) is 10.6. The molecule has 2 atom stereocenters. The van der Waals surface area contributed by atoms with Gasteiger partial charge in [0.05, 0.1) is 12.1 Å². The van der Waals surface area contributed by atoms with Gasteiger partial charge in [-0.05, 0) is 31.8 Å². The maximum absolute atomic E-state index is 12.0. The van der Waals surface area contributed by atoms with E-state index in [0.29, 0.717) is 6.54 Å². The number of halogens is 1. The van der Waals surface area contributed by atoms with Crippen molar-refractivity contribution < 1.29 is 9.53 Å². The molecule has 1 rings (SSSR count). The van der Waals surface area contributed by atoms with E-state index < -0.39 is 0 Å². The minimum atomic E-state index is -0.349. The van der Waals surface area contributed by atoms with Crippen molar-refractivity contribution in [2.45, 2.75) is 31.9 Å². The van der Waals surface area contributed by atoms with Crippen molar-refractivity contribution >= 4 is 30.1 Å². The molecule has 0 bridgehead atoms. The Hall–Kier alpha value is 0.0300. The first-order chi connectivity index (χ1) is 7.65. The van der Waals surface area contributed by atoms with Gasteiger partial charge in [-0.2, -0.15) is 11.8 Å². The molecular weight excluding hydrogens is 260 g/mol. The molecule has 0 aliphatic carbocycles. The number of carbonyl (C=O) groups excluding carboxylic acids is 1. The summed E-state index contributed by atoms with van der Waals surface area (Å²) in [5, 5.41) is 0. The van der Waals surface area contributed by atoms with Crippen LogP contribution in [0.25, 0.3) is 0 Å². The second-order valence-corrected chi connectivity index (χ2v) is 5.19. The van der Waals surface area contributed by atoms with Gasteiger partial charge < -0.3 is 15.4 Å². The van der Waals surface area contributed by atoms with Gasteiger partial charge in [-0.1, -0.05) is 0 Å². The molecule has 0 aromatic rings. The van der Waals surface area contributed by atoms with Gasteiger partial charge in [0.1, 0.15) is 0 Å². The third kappa shape index (κ3) is 5.95. The first kappa shape index (κ1) is 17.0. The summed E-state index contributed by atoms with van der Waals surface area (Å²) < 4.78 is 5.51. The summed E-state index contributed by atoms with van der Waals surface area (Å²) in [6.45, 7) is 4.19. The van der Waals surface area contributed by atoms with Crippen LogP contribution in [0.1, 0.15) is 19.8 Å². The quantitative estimate of drug-likeness (QED) is 0.840. The van der Waals surface area contributed by atoms with Gasteiger partial charge in [0.2, 0.25) is 5.91 Å². The number of hydrogen-bond donors (Lipinski definition) is 1. The number of thioether (sulfide) groups is 1. The van der Waals surface area contributed by atoms with Gasteiger partial charge in [-0.15, -0.1) is 12.4 Å². The lowest BCUT2D eigenvalue weighted by Gasteiger charge is -2.25. The van der Waals surface area contributed by atoms with Gasteiger partial charge in [0.25, 0.3) is 0 Å². The Bertz CT molecular complexity index is 232. The highest BCUT2D eigenvalue weighted by atomic mass is 35.5. The van der Waals surface area contributed by atoms with Crippen LogP contribution in [0.5, 0.6) is 0 Å². The highest BCUT2D eigenvalue weighted by Gasteiger charge is 2.23. The summed E-state index contributed by atoms with van der Waals surface area (Å²) in [6, 6.07) is -0.349. The Morgan fingerprint density at radius 3 is 3.00 bits per heavy atom. The van der Waals surface area contributed by atoms with Crippen LogP contribution in [0.15, 0.2) is 0 Å². The number of carbonyl (C=O) groups is 1. The molecule has 0 saturated carbocycles. The van der Waals surface area contributed by atoms with Gasteiger partial charge in [-0.3, -0.25) is 4.79 Å². The monoisotopic (exact) mass is 282 g/mol. The van der Waals surface area contributed by atoms with Crippen LogP contribution in [-0.2, 0) is 9.53 Å². The number of ether oxygens (including phenoxy) is 1. The highest BCUT2D eigenvalue weighted by molar-refractivity contribution is 7.98. The lowest BCUT2D eigenvalue weighted by atomic mass is 10.2. The van der Waals surface area contributed by atoms with Crippen LogP contribution < -0.4 is 5.73 Å². The molecule has 0 radical (unpaired) electrons. The predicted octanol–water partition coefficient (Wildman–Crippen LogP) is 1.13. The Morgan fingerprint density at radius 2 is 2.35 bits per heavy atom. The van der Waals surface area contributed by atoms with Crippen LogP contribution in [0.3, 0.4) is 0 Å². The van der Waals surface area contributed by atoms with E-state index in [4.69, 9.17) is 10.5 Å². The maximum Gasteiger partial charge on any atom is 0.239 e. The molecule has 1 unspecified atom stereocenters. The number of nitrogens with two attached hydrogens (primary N) is 1. The summed E-state index contributed by atoms with van der Waals surface area (Å²) in [5.74, 6) is 1.01. The third-order valence-electron chi connectivity index (χ3n) is 2.71. The lowest BCUT2D eigenvalue weighted by molar-refractivity contribution is -0.133. The van der Waals surface area contributed by atoms with Crippen molar-refractivity contribution in [3.8, 4) is 0 Å². The second-order valence-electron chi connectivity index (χ2n) is 4.21. The molecule has 0 aromatic carbocycles. The number of hydrogen-bond acceptors (Lipinski definition) is 4. The van der Waals surface area contributed by atoms with E-state index in [0.717, 1.165) is 31.7 Å². The van der Waals surface area contributed by atoms with Gasteiger partial charge in [0, 0.05) is 19.7 Å². The summed E-state index contributed by atoms with van der Waals surface area (Å²) in [7, 11) is 0. The molecule has 4 nitrogen and oxygen atoms in total. The van der Waals surface area contributed by atoms with Crippen LogP contribution >= 0.6 is 24.2 Å². The van der Waals surface area contributed by atoms with E-state index in [1.54, 1.807) is 11.8 Å².